The molecule has 0 nitrogen and oxygen atoms in total. The normalized spacial score (nSPS) is 52.5. The van der Waals surface area contributed by atoms with Gasteiger partial charge in [0.1, 0.15) is 0 Å². The summed E-state index contributed by atoms with van der Waals surface area (Å²) in [6.07, 6.45) is 12.5. The monoisotopic (exact) mass is 192 g/mol. The molecule has 0 bridgehead atoms. The van der Waals surface area contributed by atoms with E-state index in [1.54, 1.807) is 38.5 Å². The van der Waals surface area contributed by atoms with Gasteiger partial charge < -0.3 is 0 Å². The van der Waals surface area contributed by atoms with Gasteiger partial charge in [0.15, 0.2) is 0 Å². The van der Waals surface area contributed by atoms with Crippen LogP contribution < -0.4 is 0 Å². The van der Waals surface area contributed by atoms with Crippen LogP contribution in [0, 0.1) is 29.6 Å². The number of fused-ring (bicyclic) bond motifs is 3. The van der Waals surface area contributed by atoms with Gasteiger partial charge in [-0.05, 0) is 55.3 Å². The summed E-state index contributed by atoms with van der Waals surface area (Å²) in [5, 5.41) is 0. The summed E-state index contributed by atoms with van der Waals surface area (Å²) >= 11 is 0. The first kappa shape index (κ1) is 9.24. The summed E-state index contributed by atoms with van der Waals surface area (Å²) in [5.74, 6) is 5.65. The van der Waals surface area contributed by atoms with E-state index in [1.165, 1.54) is 12.8 Å². The lowest BCUT2D eigenvalue weighted by atomic mass is 9.61. The molecule has 0 N–H and O–H groups in total. The second-order valence-corrected chi connectivity index (χ2v) is 6.18. The lowest BCUT2D eigenvalue weighted by Gasteiger charge is -2.44. The van der Waals surface area contributed by atoms with Crippen molar-refractivity contribution in [1.82, 2.24) is 0 Å². The third-order valence-electron chi connectivity index (χ3n) is 5.56. The van der Waals surface area contributed by atoms with E-state index in [0.29, 0.717) is 0 Å². The summed E-state index contributed by atoms with van der Waals surface area (Å²) in [5.41, 5.74) is 0. The van der Waals surface area contributed by atoms with Crippen molar-refractivity contribution in [3.8, 4) is 0 Å². The van der Waals surface area contributed by atoms with Gasteiger partial charge in [-0.2, -0.15) is 0 Å². The maximum absolute atomic E-state index is 2.53. The summed E-state index contributed by atoms with van der Waals surface area (Å²) in [6, 6.07) is 0. The van der Waals surface area contributed by atoms with Crippen molar-refractivity contribution in [2.75, 3.05) is 0 Å². The third-order valence-corrected chi connectivity index (χ3v) is 5.56. The molecular weight excluding hydrogens is 168 g/mol. The van der Waals surface area contributed by atoms with Crippen molar-refractivity contribution in [3.63, 3.8) is 0 Å². The zero-order valence-corrected chi connectivity index (χ0v) is 9.54. The number of hydrogen-bond acceptors (Lipinski definition) is 0. The molecule has 0 heterocycles. The number of hydrogen-bond donors (Lipinski definition) is 0. The first-order valence-electron chi connectivity index (χ1n) is 6.86. The second kappa shape index (κ2) is 3.54. The van der Waals surface area contributed by atoms with Gasteiger partial charge in [-0.25, -0.2) is 0 Å². The molecule has 0 radical (unpaired) electrons. The van der Waals surface area contributed by atoms with Crippen molar-refractivity contribution in [2.45, 2.75) is 58.3 Å². The van der Waals surface area contributed by atoms with Crippen LogP contribution in [-0.2, 0) is 0 Å². The van der Waals surface area contributed by atoms with Crippen molar-refractivity contribution in [2.24, 2.45) is 29.6 Å². The van der Waals surface area contributed by atoms with Crippen molar-refractivity contribution in [3.05, 3.63) is 0 Å². The summed E-state index contributed by atoms with van der Waals surface area (Å²) in [4.78, 5) is 0. The maximum atomic E-state index is 2.53. The molecule has 5 atom stereocenters. The molecule has 0 amide bonds. The van der Waals surface area contributed by atoms with Gasteiger partial charge in [-0.3, -0.25) is 0 Å². The van der Waals surface area contributed by atoms with Crippen LogP contribution in [0.5, 0.6) is 0 Å². The zero-order chi connectivity index (χ0) is 9.54. The fourth-order valence-corrected chi connectivity index (χ4v) is 4.96. The smallest absolute Gasteiger partial charge is 0.0329 e. The van der Waals surface area contributed by atoms with Gasteiger partial charge >= 0.3 is 0 Å². The highest BCUT2D eigenvalue weighted by molar-refractivity contribution is 4.95. The Morgan fingerprint density at radius 2 is 1.43 bits per heavy atom. The van der Waals surface area contributed by atoms with E-state index in [2.05, 4.69) is 6.92 Å². The molecule has 0 aromatic heterocycles. The van der Waals surface area contributed by atoms with E-state index in [-0.39, 0.29) is 0 Å². The molecule has 0 aliphatic heterocycles. The van der Waals surface area contributed by atoms with Crippen molar-refractivity contribution < 1.29 is 0 Å². The van der Waals surface area contributed by atoms with E-state index in [9.17, 15) is 0 Å². The standard InChI is InChI=1S/C14H24/c1-10-6-7-12-9-8-11-4-2-3-5-13(11)14(10)12/h10-14H,2-9H2,1H3. The van der Waals surface area contributed by atoms with E-state index in [1.807, 2.05) is 0 Å². The molecule has 0 heteroatoms. The average molecular weight is 192 g/mol. The molecule has 80 valence electrons. The Morgan fingerprint density at radius 1 is 0.714 bits per heavy atom. The lowest BCUT2D eigenvalue weighted by Crippen LogP contribution is -2.36. The van der Waals surface area contributed by atoms with Crippen LogP contribution in [0.3, 0.4) is 0 Å². The Hall–Kier alpha value is 0. The van der Waals surface area contributed by atoms with Crippen LogP contribution in [0.4, 0.5) is 0 Å². The molecule has 3 aliphatic rings. The molecule has 0 aromatic carbocycles. The zero-order valence-electron chi connectivity index (χ0n) is 9.54. The SMILES string of the molecule is CC1CCC2CCC3CCCCC3C12. The molecule has 14 heavy (non-hydrogen) atoms. The van der Waals surface area contributed by atoms with Crippen LogP contribution >= 0.6 is 0 Å². The van der Waals surface area contributed by atoms with Gasteiger partial charge in [-0.1, -0.05) is 32.6 Å². The molecule has 0 spiro atoms. The van der Waals surface area contributed by atoms with Crippen LogP contribution in [0.25, 0.3) is 0 Å². The average Bonchev–Trinajstić information content (AvgIpc) is 2.61. The molecule has 0 aromatic rings. The summed E-state index contributed by atoms with van der Waals surface area (Å²) < 4.78 is 0. The van der Waals surface area contributed by atoms with Crippen molar-refractivity contribution >= 4 is 0 Å². The molecule has 5 unspecified atom stereocenters. The molecular formula is C14H24. The van der Waals surface area contributed by atoms with Crippen LogP contribution in [0.15, 0.2) is 0 Å². The highest BCUT2D eigenvalue weighted by Crippen LogP contribution is 2.54. The van der Waals surface area contributed by atoms with E-state index < -0.39 is 0 Å². The summed E-state index contributed by atoms with van der Waals surface area (Å²) in [6.45, 7) is 2.53. The first-order chi connectivity index (χ1) is 6.86. The van der Waals surface area contributed by atoms with Crippen molar-refractivity contribution in [1.29, 1.82) is 0 Å². The maximum Gasteiger partial charge on any atom is -0.0329 e. The number of rotatable bonds is 0. The van der Waals surface area contributed by atoms with E-state index in [0.717, 1.165) is 29.6 Å². The Labute approximate surface area is 88.5 Å². The molecule has 3 fully saturated rings. The fraction of sp³-hybridized carbons (Fsp3) is 1.00. The van der Waals surface area contributed by atoms with Gasteiger partial charge in [0, 0.05) is 0 Å². The Balaban J connectivity index is 1.80. The topological polar surface area (TPSA) is 0 Å². The lowest BCUT2D eigenvalue weighted by molar-refractivity contribution is 0.0526. The fourth-order valence-electron chi connectivity index (χ4n) is 4.96. The quantitative estimate of drug-likeness (QED) is 0.538. The minimum absolute atomic E-state index is 1.06. The van der Waals surface area contributed by atoms with Crippen LogP contribution in [-0.4, -0.2) is 0 Å². The molecule has 3 rings (SSSR count). The van der Waals surface area contributed by atoms with Crippen LogP contribution in [0.2, 0.25) is 0 Å². The van der Waals surface area contributed by atoms with Gasteiger partial charge in [0.25, 0.3) is 0 Å². The molecule has 0 saturated heterocycles. The molecule has 3 aliphatic carbocycles. The largest absolute Gasteiger partial charge is 0.0622 e. The van der Waals surface area contributed by atoms with E-state index in [4.69, 9.17) is 0 Å². The van der Waals surface area contributed by atoms with Gasteiger partial charge in [0.2, 0.25) is 0 Å². The Morgan fingerprint density at radius 3 is 2.36 bits per heavy atom. The summed E-state index contributed by atoms with van der Waals surface area (Å²) in [7, 11) is 0. The van der Waals surface area contributed by atoms with Gasteiger partial charge in [0.05, 0.1) is 0 Å². The first-order valence-corrected chi connectivity index (χ1v) is 6.86. The minimum Gasteiger partial charge on any atom is -0.0622 e. The predicted molar refractivity (Wildman–Crippen MR) is 60.1 cm³/mol. The third kappa shape index (κ3) is 1.33. The highest BCUT2D eigenvalue weighted by atomic mass is 14.5. The van der Waals surface area contributed by atoms with Crippen LogP contribution in [0.1, 0.15) is 58.3 Å². The van der Waals surface area contributed by atoms with E-state index >= 15 is 0 Å². The molecule has 3 saturated carbocycles. The predicted octanol–water partition coefficient (Wildman–Crippen LogP) is 4.25. The Kier molecular flexibility index (Phi) is 2.34. The minimum atomic E-state index is 1.06. The van der Waals surface area contributed by atoms with Gasteiger partial charge in [-0.15, -0.1) is 0 Å². The Bertz CT molecular complexity index is 208. The second-order valence-electron chi connectivity index (χ2n) is 6.18. The highest BCUT2D eigenvalue weighted by Gasteiger charge is 2.45.